The van der Waals surface area contributed by atoms with E-state index in [0.29, 0.717) is 6.61 Å². The molecule has 0 amide bonds. The normalized spacial score (nSPS) is 12.5. The van der Waals surface area contributed by atoms with Crippen molar-refractivity contribution in [3.05, 3.63) is 28.2 Å². The summed E-state index contributed by atoms with van der Waals surface area (Å²) in [6.45, 7) is 4.78. The molecular formula is C12H17BrO2. The molecule has 0 aromatic heterocycles. The summed E-state index contributed by atoms with van der Waals surface area (Å²) in [5.41, 5.74) is 1.08. The summed E-state index contributed by atoms with van der Waals surface area (Å²) in [5.74, 6) is 0.876. The van der Waals surface area contributed by atoms with E-state index in [2.05, 4.69) is 29.8 Å². The van der Waals surface area contributed by atoms with Gasteiger partial charge in [-0.1, -0.05) is 22.9 Å². The number of halogens is 1. The van der Waals surface area contributed by atoms with Gasteiger partial charge in [-0.2, -0.15) is 0 Å². The first-order valence-electron chi connectivity index (χ1n) is 5.11. The smallest absolute Gasteiger partial charge is 0.124 e. The van der Waals surface area contributed by atoms with E-state index < -0.39 is 0 Å². The van der Waals surface area contributed by atoms with E-state index >= 15 is 0 Å². The lowest BCUT2D eigenvalue weighted by Gasteiger charge is -2.13. The Labute approximate surface area is 99.7 Å². The summed E-state index contributed by atoms with van der Waals surface area (Å²) >= 11 is 3.44. The molecule has 1 rings (SSSR count). The van der Waals surface area contributed by atoms with Crippen LogP contribution in [0.2, 0.25) is 0 Å². The van der Waals surface area contributed by atoms with Crippen molar-refractivity contribution in [1.29, 1.82) is 0 Å². The second-order valence-corrected chi connectivity index (χ2v) is 4.40. The Kier molecular flexibility index (Phi) is 5.12. The van der Waals surface area contributed by atoms with Gasteiger partial charge in [0.2, 0.25) is 0 Å². The minimum Gasteiger partial charge on any atom is -0.496 e. The van der Waals surface area contributed by atoms with Crippen LogP contribution in [0.5, 0.6) is 5.75 Å². The van der Waals surface area contributed by atoms with Gasteiger partial charge in [0.1, 0.15) is 5.75 Å². The van der Waals surface area contributed by atoms with Crippen LogP contribution in [0, 0.1) is 0 Å². The summed E-state index contributed by atoms with van der Waals surface area (Å²) in [5, 5.41) is 0. The molecule has 0 bridgehead atoms. The highest BCUT2D eigenvalue weighted by molar-refractivity contribution is 9.10. The third-order valence-electron chi connectivity index (χ3n) is 2.34. The Bertz CT molecular complexity index is 312. The zero-order chi connectivity index (χ0) is 11.3. The van der Waals surface area contributed by atoms with Gasteiger partial charge in [0.05, 0.1) is 19.8 Å². The van der Waals surface area contributed by atoms with Gasteiger partial charge in [-0.25, -0.2) is 0 Å². The Morgan fingerprint density at radius 3 is 2.73 bits per heavy atom. The van der Waals surface area contributed by atoms with Crippen LogP contribution in [0.4, 0.5) is 0 Å². The van der Waals surface area contributed by atoms with E-state index in [1.54, 1.807) is 7.11 Å². The van der Waals surface area contributed by atoms with Crippen LogP contribution in [0.1, 0.15) is 25.8 Å². The van der Waals surface area contributed by atoms with Crippen molar-refractivity contribution in [2.45, 2.75) is 33.0 Å². The van der Waals surface area contributed by atoms with Gasteiger partial charge in [-0.3, -0.25) is 0 Å². The summed E-state index contributed by atoms with van der Waals surface area (Å²) < 4.78 is 12.0. The Hall–Kier alpha value is -0.540. The van der Waals surface area contributed by atoms with Crippen molar-refractivity contribution in [1.82, 2.24) is 0 Å². The highest BCUT2D eigenvalue weighted by Crippen LogP contribution is 2.24. The average molecular weight is 273 g/mol. The lowest BCUT2D eigenvalue weighted by molar-refractivity contribution is 0.0497. The number of ether oxygens (including phenoxy) is 2. The molecule has 1 unspecified atom stereocenters. The molecule has 15 heavy (non-hydrogen) atoms. The molecule has 1 aromatic carbocycles. The molecule has 1 atom stereocenters. The predicted molar refractivity (Wildman–Crippen MR) is 65.2 cm³/mol. The van der Waals surface area contributed by atoms with Crippen LogP contribution < -0.4 is 4.74 Å². The molecular weight excluding hydrogens is 256 g/mol. The van der Waals surface area contributed by atoms with Gasteiger partial charge >= 0.3 is 0 Å². The van der Waals surface area contributed by atoms with Crippen molar-refractivity contribution in [3.8, 4) is 5.75 Å². The quantitative estimate of drug-likeness (QED) is 0.813. The maximum absolute atomic E-state index is 5.67. The first-order chi connectivity index (χ1) is 7.17. The summed E-state index contributed by atoms with van der Waals surface area (Å²) in [4.78, 5) is 0. The number of methoxy groups -OCH3 is 1. The standard InChI is InChI=1S/C12H17BrO2/c1-4-9(2)15-8-10-7-11(13)5-6-12(10)14-3/h5-7,9H,4,8H2,1-3H3. The van der Waals surface area contributed by atoms with Crippen LogP contribution in [0.25, 0.3) is 0 Å². The fourth-order valence-electron chi connectivity index (χ4n) is 1.21. The molecule has 0 radical (unpaired) electrons. The van der Waals surface area contributed by atoms with Crippen LogP contribution in [-0.4, -0.2) is 13.2 Å². The van der Waals surface area contributed by atoms with E-state index in [-0.39, 0.29) is 6.10 Å². The summed E-state index contributed by atoms with van der Waals surface area (Å²) in [6, 6.07) is 5.94. The third-order valence-corrected chi connectivity index (χ3v) is 2.83. The summed E-state index contributed by atoms with van der Waals surface area (Å²) in [7, 11) is 1.68. The fourth-order valence-corrected chi connectivity index (χ4v) is 1.62. The van der Waals surface area contributed by atoms with Gasteiger partial charge in [0, 0.05) is 10.0 Å². The van der Waals surface area contributed by atoms with Crippen molar-refractivity contribution < 1.29 is 9.47 Å². The molecule has 84 valence electrons. The molecule has 0 aliphatic carbocycles. The van der Waals surface area contributed by atoms with Crippen molar-refractivity contribution in [3.63, 3.8) is 0 Å². The average Bonchev–Trinajstić information content (AvgIpc) is 2.26. The van der Waals surface area contributed by atoms with Crippen LogP contribution >= 0.6 is 15.9 Å². The van der Waals surface area contributed by atoms with Crippen molar-refractivity contribution in [2.75, 3.05) is 7.11 Å². The van der Waals surface area contributed by atoms with E-state index in [9.17, 15) is 0 Å². The lowest BCUT2D eigenvalue weighted by atomic mass is 10.2. The van der Waals surface area contributed by atoms with Gasteiger partial charge in [-0.15, -0.1) is 0 Å². The highest BCUT2D eigenvalue weighted by atomic mass is 79.9. The SMILES string of the molecule is CCC(C)OCc1cc(Br)ccc1OC. The van der Waals surface area contributed by atoms with E-state index in [1.165, 1.54) is 0 Å². The first-order valence-corrected chi connectivity index (χ1v) is 5.90. The Morgan fingerprint density at radius 2 is 2.13 bits per heavy atom. The minimum absolute atomic E-state index is 0.286. The molecule has 0 saturated carbocycles. The molecule has 0 saturated heterocycles. The fraction of sp³-hybridized carbons (Fsp3) is 0.500. The maximum atomic E-state index is 5.67. The van der Waals surface area contributed by atoms with Gasteiger partial charge < -0.3 is 9.47 Å². The number of hydrogen-bond donors (Lipinski definition) is 0. The zero-order valence-electron chi connectivity index (χ0n) is 9.42. The predicted octanol–water partition coefficient (Wildman–Crippen LogP) is 3.77. The number of hydrogen-bond acceptors (Lipinski definition) is 2. The Balaban J connectivity index is 2.69. The maximum Gasteiger partial charge on any atom is 0.124 e. The molecule has 3 heteroatoms. The molecule has 0 heterocycles. The summed E-state index contributed by atoms with van der Waals surface area (Å²) in [6.07, 6.45) is 1.31. The zero-order valence-corrected chi connectivity index (χ0v) is 11.0. The monoisotopic (exact) mass is 272 g/mol. The molecule has 2 nitrogen and oxygen atoms in total. The molecule has 0 spiro atoms. The van der Waals surface area contributed by atoms with Crippen molar-refractivity contribution >= 4 is 15.9 Å². The third kappa shape index (κ3) is 3.84. The lowest BCUT2D eigenvalue weighted by Crippen LogP contribution is -2.06. The molecule has 0 fully saturated rings. The van der Waals surface area contributed by atoms with E-state index in [0.717, 1.165) is 22.2 Å². The molecule has 0 N–H and O–H groups in total. The van der Waals surface area contributed by atoms with E-state index in [1.807, 2.05) is 18.2 Å². The van der Waals surface area contributed by atoms with Crippen LogP contribution in [0.15, 0.2) is 22.7 Å². The van der Waals surface area contributed by atoms with Gasteiger partial charge in [0.15, 0.2) is 0 Å². The van der Waals surface area contributed by atoms with E-state index in [4.69, 9.17) is 9.47 Å². The second kappa shape index (κ2) is 6.13. The van der Waals surface area contributed by atoms with Crippen LogP contribution in [0.3, 0.4) is 0 Å². The van der Waals surface area contributed by atoms with Gasteiger partial charge in [0.25, 0.3) is 0 Å². The first kappa shape index (κ1) is 12.5. The number of benzene rings is 1. The van der Waals surface area contributed by atoms with Gasteiger partial charge in [-0.05, 0) is 31.5 Å². The molecule has 1 aromatic rings. The minimum atomic E-state index is 0.286. The van der Waals surface area contributed by atoms with Crippen molar-refractivity contribution in [2.24, 2.45) is 0 Å². The molecule has 0 aliphatic heterocycles. The topological polar surface area (TPSA) is 18.5 Å². The largest absolute Gasteiger partial charge is 0.496 e. The van der Waals surface area contributed by atoms with Crippen LogP contribution in [-0.2, 0) is 11.3 Å². The number of rotatable bonds is 5. The second-order valence-electron chi connectivity index (χ2n) is 3.49. The highest BCUT2D eigenvalue weighted by Gasteiger charge is 2.05. The Morgan fingerprint density at radius 1 is 1.40 bits per heavy atom. The molecule has 0 aliphatic rings.